The van der Waals surface area contributed by atoms with Gasteiger partial charge in [0.25, 0.3) is 0 Å². The summed E-state index contributed by atoms with van der Waals surface area (Å²) in [5.41, 5.74) is 0. The molecule has 1 heterocycles. The molecule has 0 unspecified atom stereocenters. The lowest BCUT2D eigenvalue weighted by atomic mass is 9.84. The van der Waals surface area contributed by atoms with Gasteiger partial charge in [-0.1, -0.05) is 51.5 Å². The van der Waals surface area contributed by atoms with Crippen LogP contribution in [0.4, 0.5) is 0 Å². The number of rotatable bonds is 13. The quantitative estimate of drug-likeness (QED) is 0.338. The smallest absolute Gasteiger partial charge is 0.0600 e. The second-order valence-corrected chi connectivity index (χ2v) is 8.56. The summed E-state index contributed by atoms with van der Waals surface area (Å²) in [4.78, 5) is 0. The van der Waals surface area contributed by atoms with Crippen molar-refractivity contribution in [1.29, 1.82) is 0 Å². The van der Waals surface area contributed by atoms with Crippen LogP contribution in [0.3, 0.4) is 0 Å². The number of ether oxygens (including phenoxy) is 1. The molecule has 0 spiro atoms. The van der Waals surface area contributed by atoms with Gasteiger partial charge in [0.1, 0.15) is 0 Å². The molecule has 1 aliphatic heterocycles. The molecule has 2 aliphatic rings. The Morgan fingerprint density at radius 3 is 2.31 bits per heavy atom. The predicted molar refractivity (Wildman–Crippen MR) is 112 cm³/mol. The Morgan fingerprint density at radius 2 is 1.62 bits per heavy atom. The van der Waals surface area contributed by atoms with E-state index in [0.717, 1.165) is 31.3 Å². The molecule has 3 nitrogen and oxygen atoms in total. The van der Waals surface area contributed by atoms with Crippen LogP contribution in [-0.2, 0) is 4.74 Å². The van der Waals surface area contributed by atoms with Crippen molar-refractivity contribution in [1.82, 2.24) is 10.6 Å². The van der Waals surface area contributed by atoms with Crippen LogP contribution in [-0.4, -0.2) is 32.0 Å². The van der Waals surface area contributed by atoms with Crippen LogP contribution in [0.15, 0.2) is 12.7 Å². The molecule has 3 heteroatoms. The van der Waals surface area contributed by atoms with Gasteiger partial charge in [0.05, 0.1) is 12.3 Å². The van der Waals surface area contributed by atoms with Gasteiger partial charge < -0.3 is 15.4 Å². The Morgan fingerprint density at radius 1 is 0.923 bits per heavy atom. The minimum absolute atomic E-state index is 0.500. The fourth-order valence-electron chi connectivity index (χ4n) is 4.55. The van der Waals surface area contributed by atoms with Crippen LogP contribution in [0, 0.1) is 11.8 Å². The lowest BCUT2D eigenvalue weighted by Gasteiger charge is -2.39. The SMILES string of the molecule is C=CCCCOC1CCC(C2NCC(CCCCCCCC)CN2)CC1. The van der Waals surface area contributed by atoms with Crippen LogP contribution >= 0.6 is 0 Å². The van der Waals surface area contributed by atoms with Gasteiger partial charge >= 0.3 is 0 Å². The highest BCUT2D eigenvalue weighted by Gasteiger charge is 2.30. The molecule has 1 saturated heterocycles. The summed E-state index contributed by atoms with van der Waals surface area (Å²) >= 11 is 0. The van der Waals surface area contributed by atoms with Crippen LogP contribution in [0.2, 0.25) is 0 Å². The van der Waals surface area contributed by atoms with Gasteiger partial charge in [-0.2, -0.15) is 0 Å². The Labute approximate surface area is 162 Å². The van der Waals surface area contributed by atoms with Crippen molar-refractivity contribution >= 4 is 0 Å². The van der Waals surface area contributed by atoms with Crippen LogP contribution in [0.1, 0.15) is 90.4 Å². The third-order valence-electron chi connectivity index (χ3n) is 6.32. The van der Waals surface area contributed by atoms with E-state index in [1.807, 2.05) is 6.08 Å². The summed E-state index contributed by atoms with van der Waals surface area (Å²) < 4.78 is 6.03. The molecule has 0 aromatic rings. The van der Waals surface area contributed by atoms with Crippen LogP contribution in [0.25, 0.3) is 0 Å². The van der Waals surface area contributed by atoms with E-state index in [9.17, 15) is 0 Å². The first-order valence-corrected chi connectivity index (χ1v) is 11.5. The normalized spacial score (nSPS) is 29.6. The fourth-order valence-corrected chi connectivity index (χ4v) is 4.55. The molecule has 1 saturated carbocycles. The fraction of sp³-hybridized carbons (Fsp3) is 0.913. The van der Waals surface area contributed by atoms with Crippen LogP contribution in [0.5, 0.6) is 0 Å². The minimum Gasteiger partial charge on any atom is -0.378 e. The lowest BCUT2D eigenvalue weighted by molar-refractivity contribution is 0.00946. The third kappa shape index (κ3) is 8.54. The molecular formula is C23H44N2O. The maximum atomic E-state index is 6.03. The average molecular weight is 365 g/mol. The second-order valence-electron chi connectivity index (χ2n) is 8.56. The first-order valence-electron chi connectivity index (χ1n) is 11.5. The molecule has 0 aromatic heterocycles. The Kier molecular flexibility index (Phi) is 11.6. The summed E-state index contributed by atoms with van der Waals surface area (Å²) in [7, 11) is 0. The largest absolute Gasteiger partial charge is 0.378 e. The van der Waals surface area contributed by atoms with Gasteiger partial charge in [-0.15, -0.1) is 6.58 Å². The summed E-state index contributed by atoms with van der Waals surface area (Å²) in [6.45, 7) is 9.40. The molecule has 2 rings (SSSR count). The maximum Gasteiger partial charge on any atom is 0.0600 e. The highest BCUT2D eigenvalue weighted by Crippen LogP contribution is 2.29. The highest BCUT2D eigenvalue weighted by atomic mass is 16.5. The summed E-state index contributed by atoms with van der Waals surface area (Å²) in [5, 5.41) is 7.62. The molecular weight excluding hydrogens is 320 g/mol. The molecule has 0 amide bonds. The number of nitrogens with one attached hydrogen (secondary N) is 2. The molecule has 0 atom stereocenters. The Bertz CT molecular complexity index is 344. The van der Waals surface area contributed by atoms with Crippen molar-refractivity contribution in [2.45, 2.75) is 103 Å². The first-order chi connectivity index (χ1) is 12.8. The molecule has 26 heavy (non-hydrogen) atoms. The van der Waals surface area contributed by atoms with Crippen molar-refractivity contribution in [2.24, 2.45) is 11.8 Å². The van der Waals surface area contributed by atoms with Crippen molar-refractivity contribution in [3.63, 3.8) is 0 Å². The van der Waals surface area contributed by atoms with Gasteiger partial charge in [0.2, 0.25) is 0 Å². The zero-order valence-corrected chi connectivity index (χ0v) is 17.3. The zero-order chi connectivity index (χ0) is 18.5. The van der Waals surface area contributed by atoms with Crippen molar-refractivity contribution < 1.29 is 4.74 Å². The Balaban J connectivity index is 1.50. The summed E-state index contributed by atoms with van der Waals surface area (Å²) in [6.07, 6.45) is 20.2. The number of allylic oxidation sites excluding steroid dienone is 1. The van der Waals surface area contributed by atoms with Gasteiger partial charge in [0.15, 0.2) is 0 Å². The summed E-state index contributed by atoms with van der Waals surface area (Å²) in [5.74, 6) is 1.62. The predicted octanol–water partition coefficient (Wildman–Crippen LogP) is 5.41. The van der Waals surface area contributed by atoms with Crippen LogP contribution < -0.4 is 10.6 Å². The maximum absolute atomic E-state index is 6.03. The number of hydrogen-bond donors (Lipinski definition) is 2. The minimum atomic E-state index is 0.500. The van der Waals surface area contributed by atoms with E-state index in [1.54, 1.807) is 0 Å². The molecule has 2 N–H and O–H groups in total. The van der Waals surface area contributed by atoms with E-state index in [-0.39, 0.29) is 0 Å². The summed E-state index contributed by atoms with van der Waals surface area (Å²) in [6, 6.07) is 0. The van der Waals surface area contributed by atoms with Gasteiger partial charge in [-0.3, -0.25) is 0 Å². The van der Waals surface area contributed by atoms with E-state index in [2.05, 4.69) is 24.1 Å². The first kappa shape index (κ1) is 21.9. The van der Waals surface area contributed by atoms with Crippen molar-refractivity contribution in [3.8, 4) is 0 Å². The highest BCUT2D eigenvalue weighted by molar-refractivity contribution is 4.85. The number of unbranched alkanes of at least 4 members (excludes halogenated alkanes) is 6. The third-order valence-corrected chi connectivity index (χ3v) is 6.32. The van der Waals surface area contributed by atoms with Gasteiger partial charge in [0, 0.05) is 19.7 Å². The monoisotopic (exact) mass is 364 g/mol. The van der Waals surface area contributed by atoms with E-state index in [1.165, 1.54) is 83.7 Å². The van der Waals surface area contributed by atoms with E-state index >= 15 is 0 Å². The van der Waals surface area contributed by atoms with Gasteiger partial charge in [-0.25, -0.2) is 0 Å². The molecule has 152 valence electrons. The number of hydrogen-bond acceptors (Lipinski definition) is 3. The van der Waals surface area contributed by atoms with E-state index < -0.39 is 0 Å². The van der Waals surface area contributed by atoms with Gasteiger partial charge in [-0.05, 0) is 56.8 Å². The zero-order valence-electron chi connectivity index (χ0n) is 17.3. The molecule has 2 fully saturated rings. The van der Waals surface area contributed by atoms with E-state index in [0.29, 0.717) is 12.3 Å². The molecule has 0 bridgehead atoms. The average Bonchev–Trinajstić information content (AvgIpc) is 2.69. The standard InChI is InChI=1S/C23H44N2O/c1-3-5-7-8-9-10-12-20-18-24-23(25-19-20)21-13-15-22(16-14-21)26-17-11-6-4-2/h4,20-25H,2-3,5-19H2,1H3. The van der Waals surface area contributed by atoms with Crippen molar-refractivity contribution in [3.05, 3.63) is 12.7 Å². The molecule has 0 radical (unpaired) electrons. The van der Waals surface area contributed by atoms with E-state index in [4.69, 9.17) is 4.74 Å². The van der Waals surface area contributed by atoms with Crippen molar-refractivity contribution in [2.75, 3.05) is 19.7 Å². The molecule has 0 aromatic carbocycles. The lowest BCUT2D eigenvalue weighted by Crippen LogP contribution is -2.56. The second kappa shape index (κ2) is 13.7. The topological polar surface area (TPSA) is 33.3 Å². The Hall–Kier alpha value is -0.380. The molecule has 1 aliphatic carbocycles.